The average molecular weight is 354 g/mol. The van der Waals surface area contributed by atoms with Crippen LogP contribution in [0.2, 0.25) is 0 Å². The molecule has 2 rings (SSSR count). The third kappa shape index (κ3) is 5.81. The first-order chi connectivity index (χ1) is 12.6. The Labute approximate surface area is 154 Å². The zero-order valence-electron chi connectivity index (χ0n) is 15.5. The van der Waals surface area contributed by atoms with E-state index in [-0.39, 0.29) is 5.91 Å². The lowest BCUT2D eigenvalue weighted by molar-refractivity contribution is 0.0954. The van der Waals surface area contributed by atoms with Gasteiger partial charge in [-0.3, -0.25) is 9.79 Å². The van der Waals surface area contributed by atoms with E-state index < -0.39 is 0 Å². The van der Waals surface area contributed by atoms with Crippen LogP contribution in [-0.2, 0) is 6.54 Å². The monoisotopic (exact) mass is 354 g/mol. The number of rotatable bonds is 7. The number of carbonyl (C=O) groups is 1. The number of carbonyl (C=O) groups excluding carboxylic acids is 1. The molecule has 0 spiro atoms. The molecule has 0 bridgehead atoms. The van der Waals surface area contributed by atoms with E-state index in [9.17, 15) is 4.79 Å². The molecular weight excluding hydrogens is 328 g/mol. The van der Waals surface area contributed by atoms with Crippen molar-refractivity contribution in [1.29, 1.82) is 0 Å². The molecule has 138 valence electrons. The van der Waals surface area contributed by atoms with Gasteiger partial charge in [0.2, 0.25) is 0 Å². The molecule has 0 saturated carbocycles. The van der Waals surface area contributed by atoms with Crippen LogP contribution in [0.3, 0.4) is 0 Å². The molecule has 0 aliphatic rings. The highest BCUT2D eigenvalue weighted by Gasteiger charge is 2.05. The van der Waals surface area contributed by atoms with Crippen molar-refractivity contribution in [3.05, 3.63) is 65.2 Å². The van der Waals surface area contributed by atoms with E-state index >= 15 is 0 Å². The Hall–Kier alpha value is -3.02. The molecule has 2 aromatic rings. The van der Waals surface area contributed by atoms with Crippen molar-refractivity contribution in [2.24, 2.45) is 4.99 Å². The van der Waals surface area contributed by atoms with Crippen molar-refractivity contribution < 1.29 is 9.53 Å². The summed E-state index contributed by atoms with van der Waals surface area (Å²) in [5, 5.41) is 9.31. The summed E-state index contributed by atoms with van der Waals surface area (Å²) in [4.78, 5) is 16.3. The Morgan fingerprint density at radius 1 is 1.04 bits per heavy atom. The predicted octanol–water partition coefficient (Wildman–Crippen LogP) is 2.10. The quantitative estimate of drug-likeness (QED) is 0.404. The SMILES string of the molecule is CN=C(NCCNC(=O)c1cccc(C)c1)NCc1ccccc1OC. The number of aryl methyl sites for hydroxylation is 1. The maximum Gasteiger partial charge on any atom is 0.251 e. The van der Waals surface area contributed by atoms with Crippen LogP contribution in [0.15, 0.2) is 53.5 Å². The number of nitrogens with one attached hydrogen (secondary N) is 3. The molecule has 2 aromatic carbocycles. The lowest BCUT2D eigenvalue weighted by atomic mass is 10.1. The Bertz CT molecular complexity index is 759. The van der Waals surface area contributed by atoms with Gasteiger partial charge in [0, 0.05) is 37.8 Å². The van der Waals surface area contributed by atoms with Crippen molar-refractivity contribution in [3.63, 3.8) is 0 Å². The lowest BCUT2D eigenvalue weighted by Crippen LogP contribution is -2.41. The number of hydrogen-bond acceptors (Lipinski definition) is 3. The van der Waals surface area contributed by atoms with Gasteiger partial charge in [-0.15, -0.1) is 0 Å². The van der Waals surface area contributed by atoms with Gasteiger partial charge in [0.25, 0.3) is 5.91 Å². The number of ether oxygens (including phenoxy) is 1. The zero-order chi connectivity index (χ0) is 18.8. The first kappa shape index (κ1) is 19.3. The second kappa shape index (κ2) is 10.1. The fourth-order valence-corrected chi connectivity index (χ4v) is 2.49. The van der Waals surface area contributed by atoms with Gasteiger partial charge in [-0.1, -0.05) is 35.9 Å². The van der Waals surface area contributed by atoms with Crippen LogP contribution < -0.4 is 20.7 Å². The van der Waals surface area contributed by atoms with Crippen LogP contribution in [0.25, 0.3) is 0 Å². The maximum atomic E-state index is 12.1. The lowest BCUT2D eigenvalue weighted by Gasteiger charge is -2.14. The summed E-state index contributed by atoms with van der Waals surface area (Å²) in [5.41, 5.74) is 2.78. The predicted molar refractivity (Wildman–Crippen MR) is 105 cm³/mol. The molecule has 0 aliphatic heterocycles. The Morgan fingerprint density at radius 2 is 1.81 bits per heavy atom. The first-order valence-electron chi connectivity index (χ1n) is 8.55. The molecule has 6 nitrogen and oxygen atoms in total. The summed E-state index contributed by atoms with van der Waals surface area (Å²) in [6.45, 7) is 3.64. The van der Waals surface area contributed by atoms with Crippen molar-refractivity contribution in [1.82, 2.24) is 16.0 Å². The van der Waals surface area contributed by atoms with Crippen molar-refractivity contribution >= 4 is 11.9 Å². The smallest absolute Gasteiger partial charge is 0.251 e. The standard InChI is InChI=1S/C20H26N4O2/c1-15-7-6-9-16(13-15)19(25)22-11-12-23-20(21-2)24-14-17-8-4-5-10-18(17)26-3/h4-10,13H,11-12,14H2,1-3H3,(H,22,25)(H2,21,23,24). The van der Waals surface area contributed by atoms with E-state index in [0.717, 1.165) is 16.9 Å². The number of guanidine groups is 1. The van der Waals surface area contributed by atoms with Gasteiger partial charge in [-0.05, 0) is 25.1 Å². The van der Waals surface area contributed by atoms with Crippen LogP contribution in [0.1, 0.15) is 21.5 Å². The number of para-hydroxylation sites is 1. The minimum Gasteiger partial charge on any atom is -0.496 e. The Kier molecular flexibility index (Phi) is 7.49. The molecule has 0 fully saturated rings. The van der Waals surface area contributed by atoms with E-state index in [2.05, 4.69) is 20.9 Å². The summed E-state index contributed by atoms with van der Waals surface area (Å²) in [5.74, 6) is 1.43. The molecule has 1 amide bonds. The van der Waals surface area contributed by atoms with Crippen LogP contribution >= 0.6 is 0 Å². The van der Waals surface area contributed by atoms with Crippen LogP contribution in [0.4, 0.5) is 0 Å². The third-order valence-corrected chi connectivity index (χ3v) is 3.85. The number of nitrogens with zero attached hydrogens (tertiary/aromatic N) is 1. The topological polar surface area (TPSA) is 74.8 Å². The zero-order valence-corrected chi connectivity index (χ0v) is 15.5. The van der Waals surface area contributed by atoms with Gasteiger partial charge in [-0.25, -0.2) is 0 Å². The molecule has 0 heterocycles. The normalized spacial score (nSPS) is 11.0. The molecule has 0 unspecified atom stereocenters. The highest BCUT2D eigenvalue weighted by molar-refractivity contribution is 5.94. The van der Waals surface area contributed by atoms with Crippen molar-refractivity contribution in [2.45, 2.75) is 13.5 Å². The molecular formula is C20H26N4O2. The van der Waals surface area contributed by atoms with Gasteiger partial charge in [-0.2, -0.15) is 0 Å². The summed E-state index contributed by atoms with van der Waals surface area (Å²) < 4.78 is 5.34. The van der Waals surface area contributed by atoms with E-state index in [0.29, 0.717) is 31.2 Å². The van der Waals surface area contributed by atoms with E-state index in [1.165, 1.54) is 0 Å². The molecule has 0 aromatic heterocycles. The Balaban J connectivity index is 1.74. The Morgan fingerprint density at radius 3 is 2.54 bits per heavy atom. The largest absolute Gasteiger partial charge is 0.496 e. The summed E-state index contributed by atoms with van der Waals surface area (Å²) in [6.07, 6.45) is 0. The molecule has 0 saturated heterocycles. The average Bonchev–Trinajstić information content (AvgIpc) is 2.67. The van der Waals surface area contributed by atoms with Gasteiger partial charge < -0.3 is 20.7 Å². The minimum absolute atomic E-state index is 0.0764. The second-order valence-corrected chi connectivity index (χ2v) is 5.79. The second-order valence-electron chi connectivity index (χ2n) is 5.79. The van der Waals surface area contributed by atoms with Crippen molar-refractivity contribution in [3.8, 4) is 5.75 Å². The van der Waals surface area contributed by atoms with E-state index in [4.69, 9.17) is 4.74 Å². The summed E-state index contributed by atoms with van der Waals surface area (Å²) >= 11 is 0. The molecule has 0 atom stereocenters. The fourth-order valence-electron chi connectivity index (χ4n) is 2.49. The first-order valence-corrected chi connectivity index (χ1v) is 8.55. The van der Waals surface area contributed by atoms with E-state index in [1.54, 1.807) is 14.2 Å². The van der Waals surface area contributed by atoms with Gasteiger partial charge in [0.1, 0.15) is 5.75 Å². The molecule has 26 heavy (non-hydrogen) atoms. The number of benzene rings is 2. The molecule has 0 aliphatic carbocycles. The molecule has 0 radical (unpaired) electrons. The van der Waals surface area contributed by atoms with E-state index in [1.807, 2.05) is 55.5 Å². The van der Waals surface area contributed by atoms with Gasteiger partial charge in [0.05, 0.1) is 7.11 Å². The fraction of sp³-hybridized carbons (Fsp3) is 0.300. The van der Waals surface area contributed by atoms with Gasteiger partial charge >= 0.3 is 0 Å². The number of hydrogen-bond donors (Lipinski definition) is 3. The van der Waals surface area contributed by atoms with Crippen LogP contribution in [-0.4, -0.2) is 39.1 Å². The third-order valence-electron chi connectivity index (χ3n) is 3.85. The van der Waals surface area contributed by atoms with Crippen molar-refractivity contribution in [2.75, 3.05) is 27.2 Å². The highest BCUT2D eigenvalue weighted by Crippen LogP contribution is 2.16. The van der Waals surface area contributed by atoms with Crippen LogP contribution in [0, 0.1) is 6.92 Å². The minimum atomic E-state index is -0.0764. The van der Waals surface area contributed by atoms with Gasteiger partial charge in [0.15, 0.2) is 5.96 Å². The number of amides is 1. The number of aliphatic imine (C=N–C) groups is 1. The highest BCUT2D eigenvalue weighted by atomic mass is 16.5. The molecule has 3 N–H and O–H groups in total. The van der Waals surface area contributed by atoms with Crippen LogP contribution in [0.5, 0.6) is 5.75 Å². The summed E-state index contributed by atoms with van der Waals surface area (Å²) in [6, 6.07) is 15.4. The summed E-state index contributed by atoms with van der Waals surface area (Å²) in [7, 11) is 3.37. The number of methoxy groups -OCH3 is 1. The maximum absolute atomic E-state index is 12.1. The molecule has 6 heteroatoms.